The van der Waals surface area contributed by atoms with Crippen LogP contribution in [0.2, 0.25) is 0 Å². The van der Waals surface area contributed by atoms with Crippen molar-refractivity contribution in [1.82, 2.24) is 29.8 Å². The number of esters is 1. The van der Waals surface area contributed by atoms with Gasteiger partial charge in [-0.3, -0.25) is 28.7 Å². The van der Waals surface area contributed by atoms with E-state index in [1.165, 1.54) is 26.4 Å². The average Bonchev–Trinajstić information content (AvgIpc) is 3.55. The number of anilines is 1. The van der Waals surface area contributed by atoms with Crippen LogP contribution in [0.25, 0.3) is 0 Å². The van der Waals surface area contributed by atoms with E-state index >= 15 is 0 Å². The van der Waals surface area contributed by atoms with Crippen molar-refractivity contribution >= 4 is 35.3 Å². The third-order valence-electron chi connectivity index (χ3n) is 14.3. The normalized spacial score (nSPS) is 22.8. The molecule has 1 N–H and O–H groups in total. The smallest absolute Gasteiger partial charge is 0.309 e. The number of benzene rings is 2. The fourth-order valence-electron chi connectivity index (χ4n) is 10.1. The molecule has 0 bridgehead atoms. The first kappa shape index (κ1) is 43.4. The van der Waals surface area contributed by atoms with Crippen molar-refractivity contribution in [2.24, 2.45) is 28.6 Å². The summed E-state index contributed by atoms with van der Waals surface area (Å²) in [5, 5.41) is 7.67. The zero-order valence-electron chi connectivity index (χ0n) is 36.8. The molecular weight excluding hydrogens is 787 g/mol. The van der Waals surface area contributed by atoms with E-state index in [1.54, 1.807) is 22.0 Å². The lowest BCUT2D eigenvalue weighted by molar-refractivity contribution is -0.153. The number of piperazine rings is 1. The highest BCUT2D eigenvalue weighted by Crippen LogP contribution is 2.54. The van der Waals surface area contributed by atoms with Crippen LogP contribution in [0.5, 0.6) is 0 Å². The summed E-state index contributed by atoms with van der Waals surface area (Å²) in [5.74, 6) is -1.11. The molecule has 8 rings (SSSR count). The number of carbonyl (C=O) groups excluding carboxylic acids is 5. The molecule has 14 heteroatoms. The first-order chi connectivity index (χ1) is 29.8. The van der Waals surface area contributed by atoms with Gasteiger partial charge in [-0.2, -0.15) is 5.10 Å². The van der Waals surface area contributed by atoms with Gasteiger partial charge < -0.3 is 34.4 Å². The Morgan fingerprint density at radius 2 is 1.52 bits per heavy atom. The van der Waals surface area contributed by atoms with Gasteiger partial charge in [0.1, 0.15) is 6.04 Å². The molecule has 3 saturated heterocycles. The van der Waals surface area contributed by atoms with Crippen LogP contribution >= 0.6 is 0 Å². The van der Waals surface area contributed by atoms with E-state index in [0.717, 1.165) is 36.1 Å². The summed E-state index contributed by atoms with van der Waals surface area (Å²) < 4.78 is 13.0. The minimum absolute atomic E-state index is 0.0303. The molecule has 5 aliphatic rings. The van der Waals surface area contributed by atoms with Crippen molar-refractivity contribution in [3.05, 3.63) is 83.7 Å². The Labute approximate surface area is 365 Å². The van der Waals surface area contributed by atoms with Gasteiger partial charge in [0.25, 0.3) is 5.91 Å². The van der Waals surface area contributed by atoms with Crippen LogP contribution < -0.4 is 10.2 Å². The maximum atomic E-state index is 14.8. The molecule has 1 spiro atoms. The van der Waals surface area contributed by atoms with Gasteiger partial charge in [0.05, 0.1) is 43.9 Å². The van der Waals surface area contributed by atoms with E-state index in [-0.39, 0.29) is 53.9 Å². The molecule has 3 aliphatic heterocycles. The van der Waals surface area contributed by atoms with Crippen molar-refractivity contribution in [2.45, 2.75) is 84.4 Å². The number of methoxy groups -OCH3 is 1. The summed E-state index contributed by atoms with van der Waals surface area (Å²) in [6.45, 7) is 10.5. The number of aromatic nitrogens is 2. The lowest BCUT2D eigenvalue weighted by Gasteiger charge is -2.50. The third kappa shape index (κ3) is 9.55. The number of hydrogen-bond acceptors (Lipinski definition) is 9. The Morgan fingerprint density at radius 3 is 2.18 bits per heavy atom. The quantitative estimate of drug-likeness (QED) is 0.233. The molecule has 4 heterocycles. The van der Waals surface area contributed by atoms with Crippen LogP contribution in [-0.4, -0.2) is 132 Å². The minimum atomic E-state index is -0.932. The van der Waals surface area contributed by atoms with Crippen LogP contribution in [-0.2, 0) is 41.6 Å². The molecule has 3 aromatic rings. The van der Waals surface area contributed by atoms with Gasteiger partial charge in [0, 0.05) is 82.2 Å². The van der Waals surface area contributed by atoms with Crippen molar-refractivity contribution in [3.8, 4) is 0 Å². The highest BCUT2D eigenvalue weighted by molar-refractivity contribution is 5.96. The molecule has 1 aromatic heterocycles. The Hall–Kier alpha value is -5.24. The third-order valence-corrected chi connectivity index (χ3v) is 14.3. The zero-order chi connectivity index (χ0) is 43.6. The maximum absolute atomic E-state index is 14.8. The highest BCUT2D eigenvalue weighted by atomic mass is 16.5. The largest absolute Gasteiger partial charge is 0.469 e. The Bertz CT molecular complexity index is 2080. The van der Waals surface area contributed by atoms with Crippen LogP contribution in [0.15, 0.2) is 67.0 Å². The SMILES string of the molecule is COC(=O)Cc1ccc(N2CCN(C(=O)[C@@H](NC(=O)[C@@H]3CN(C(=O)c4cnn(Cc5ccccc5)c4)CC34CN(C(=O)[C@H]3CC3(C)C)C4)[C@@H](C)OCC3CCCCC3)CC2)cc1. The minimum Gasteiger partial charge on any atom is -0.469 e. The summed E-state index contributed by atoms with van der Waals surface area (Å²) in [6.07, 6.45) is 9.55. The zero-order valence-corrected chi connectivity index (χ0v) is 36.8. The van der Waals surface area contributed by atoms with Crippen molar-refractivity contribution in [3.63, 3.8) is 0 Å². The second kappa shape index (κ2) is 18.2. The Balaban J connectivity index is 0.977. The first-order valence-electron chi connectivity index (χ1n) is 22.6. The number of ether oxygens (including phenoxy) is 2. The van der Waals surface area contributed by atoms with E-state index in [4.69, 9.17) is 9.47 Å². The van der Waals surface area contributed by atoms with Crippen LogP contribution in [0.4, 0.5) is 5.69 Å². The number of hydrogen-bond donors (Lipinski definition) is 1. The lowest BCUT2D eigenvalue weighted by Crippen LogP contribution is -2.66. The monoisotopic (exact) mass is 849 g/mol. The van der Waals surface area contributed by atoms with Crippen LogP contribution in [0, 0.1) is 28.6 Å². The first-order valence-corrected chi connectivity index (χ1v) is 22.6. The van der Waals surface area contributed by atoms with E-state index in [0.29, 0.717) is 70.4 Å². The molecule has 4 atom stereocenters. The molecule has 0 radical (unpaired) electrons. The molecule has 5 fully saturated rings. The van der Waals surface area contributed by atoms with Gasteiger partial charge in [-0.05, 0) is 60.8 Å². The molecule has 14 nitrogen and oxygen atoms in total. The summed E-state index contributed by atoms with van der Waals surface area (Å²) in [4.78, 5) is 76.6. The fourth-order valence-corrected chi connectivity index (χ4v) is 10.1. The van der Waals surface area contributed by atoms with Crippen molar-refractivity contribution < 1.29 is 33.4 Å². The molecule has 2 aromatic carbocycles. The van der Waals surface area contributed by atoms with Gasteiger partial charge in [0.15, 0.2) is 0 Å². The maximum Gasteiger partial charge on any atom is 0.309 e. The Kier molecular flexibility index (Phi) is 12.8. The van der Waals surface area contributed by atoms with Crippen LogP contribution in [0.3, 0.4) is 0 Å². The second-order valence-corrected chi connectivity index (χ2v) is 19.2. The summed E-state index contributed by atoms with van der Waals surface area (Å²) >= 11 is 0. The van der Waals surface area contributed by atoms with Gasteiger partial charge in [-0.1, -0.05) is 75.6 Å². The summed E-state index contributed by atoms with van der Waals surface area (Å²) in [5.41, 5.74) is 2.71. The standard InChI is InChI=1S/C48H63N7O7/c1-33(62-29-36-13-9-6-10-14-36)42(46(60)52-21-19-51(20-22-52)38-17-15-34(16-18-38)23-41(56)61-4)50-43(57)40-28-53(30-48(40)31-54(32-48)45(59)39-24-47(39,2)3)44(58)37-25-49-55(27-37)26-35-11-7-5-8-12-35/h5,7-8,11-12,15-18,25,27,33,36,39-40,42H,6,9-10,13-14,19-24,26,28-32H2,1-4H3,(H,50,57)/t33-,39-,40+,42+/m1/s1. The number of carbonyl (C=O) groups is 5. The lowest BCUT2D eigenvalue weighted by atomic mass is 9.70. The topological polar surface area (TPSA) is 147 Å². The number of likely N-dealkylation sites (tertiary alicyclic amines) is 2. The highest BCUT2D eigenvalue weighted by Gasteiger charge is 2.62. The van der Waals surface area contributed by atoms with E-state index in [9.17, 15) is 24.0 Å². The molecular formula is C48H63N7O7. The number of amides is 4. The van der Waals surface area contributed by atoms with Crippen molar-refractivity contribution in [1.29, 1.82) is 0 Å². The molecule has 4 amide bonds. The number of rotatable bonds is 14. The molecule has 2 aliphatic carbocycles. The fraction of sp³-hybridized carbons (Fsp3) is 0.583. The summed E-state index contributed by atoms with van der Waals surface area (Å²) in [6, 6.07) is 16.8. The second-order valence-electron chi connectivity index (χ2n) is 19.2. The van der Waals surface area contributed by atoms with E-state index in [2.05, 4.69) is 29.2 Å². The molecule has 0 unspecified atom stereocenters. The summed E-state index contributed by atoms with van der Waals surface area (Å²) in [7, 11) is 1.38. The predicted molar refractivity (Wildman–Crippen MR) is 233 cm³/mol. The van der Waals surface area contributed by atoms with Gasteiger partial charge in [-0.25, -0.2) is 0 Å². The number of nitrogens with zero attached hydrogens (tertiary/aromatic N) is 6. The van der Waals surface area contributed by atoms with E-state index in [1.807, 2.05) is 71.3 Å². The van der Waals surface area contributed by atoms with Crippen LogP contribution in [0.1, 0.15) is 80.8 Å². The molecule has 332 valence electrons. The Morgan fingerprint density at radius 1 is 0.839 bits per heavy atom. The van der Waals surface area contributed by atoms with E-state index < -0.39 is 23.5 Å². The number of nitrogens with one attached hydrogen (secondary N) is 1. The molecule has 2 saturated carbocycles. The van der Waals surface area contributed by atoms with Gasteiger partial charge in [-0.15, -0.1) is 0 Å². The predicted octanol–water partition coefficient (Wildman–Crippen LogP) is 4.41. The average molecular weight is 850 g/mol. The van der Waals surface area contributed by atoms with Gasteiger partial charge in [0.2, 0.25) is 17.7 Å². The van der Waals surface area contributed by atoms with Gasteiger partial charge >= 0.3 is 5.97 Å². The molecule has 62 heavy (non-hydrogen) atoms. The van der Waals surface area contributed by atoms with Crippen molar-refractivity contribution in [2.75, 3.05) is 71.0 Å².